The number of carbonyl (C=O) groups excluding carboxylic acids is 2. The molecule has 3 rings (SSSR count). The molecule has 1 saturated carbocycles. The maximum Gasteiger partial charge on any atom is 0.296 e. The molecule has 0 saturated heterocycles. The lowest BCUT2D eigenvalue weighted by molar-refractivity contribution is -0.112. The Balaban J connectivity index is 1.84. The number of hydrogen-bond acceptors (Lipinski definition) is 4. The van der Waals surface area contributed by atoms with Gasteiger partial charge in [-0.15, -0.1) is 0 Å². The molecule has 112 valence electrons. The molecule has 1 heterocycles. The average Bonchev–Trinajstić information content (AvgIpc) is 3.20. The highest BCUT2D eigenvalue weighted by Crippen LogP contribution is 2.48. The second-order valence-electron chi connectivity index (χ2n) is 5.67. The molecule has 0 spiro atoms. The van der Waals surface area contributed by atoms with Crippen molar-refractivity contribution in [1.29, 1.82) is 0 Å². The van der Waals surface area contributed by atoms with E-state index in [1.807, 2.05) is 6.92 Å². The van der Waals surface area contributed by atoms with Crippen LogP contribution >= 0.6 is 0 Å². The minimum atomic E-state index is -3.67. The second kappa shape index (κ2) is 4.64. The summed E-state index contributed by atoms with van der Waals surface area (Å²) in [5.74, 6) is -1.43. The van der Waals surface area contributed by atoms with E-state index in [-0.39, 0.29) is 15.9 Å². The first kappa shape index (κ1) is 14.2. The van der Waals surface area contributed by atoms with Crippen LogP contribution in [0.2, 0.25) is 0 Å². The highest BCUT2D eigenvalue weighted by Gasteiger charge is 2.41. The van der Waals surface area contributed by atoms with Gasteiger partial charge in [-0.1, -0.05) is 6.92 Å². The van der Waals surface area contributed by atoms with Crippen molar-refractivity contribution in [3.8, 4) is 0 Å². The molecule has 0 atom stereocenters. The maximum atomic E-state index is 12.3. The van der Waals surface area contributed by atoms with Gasteiger partial charge >= 0.3 is 0 Å². The molecule has 1 fully saturated rings. The number of fused-ring (bicyclic) bond motifs is 1. The van der Waals surface area contributed by atoms with Crippen molar-refractivity contribution in [2.24, 2.45) is 5.41 Å². The smallest absolute Gasteiger partial charge is 0.296 e. The Hall–Kier alpha value is -1.73. The van der Waals surface area contributed by atoms with Crippen LogP contribution in [0, 0.1) is 5.41 Å². The first-order chi connectivity index (χ1) is 9.87. The molecule has 1 aromatic rings. The third kappa shape index (κ3) is 2.47. The highest BCUT2D eigenvalue weighted by molar-refractivity contribution is 7.89. The summed E-state index contributed by atoms with van der Waals surface area (Å²) in [6.45, 7) is 2.46. The van der Waals surface area contributed by atoms with E-state index < -0.39 is 21.7 Å². The normalized spacial score (nSPS) is 19.3. The lowest BCUT2D eigenvalue weighted by Gasteiger charge is -2.14. The van der Waals surface area contributed by atoms with E-state index in [2.05, 4.69) is 10.0 Å². The van der Waals surface area contributed by atoms with Crippen LogP contribution in [0.3, 0.4) is 0 Å². The van der Waals surface area contributed by atoms with Crippen LogP contribution in [0.1, 0.15) is 36.5 Å². The molecular formula is C14H16N2O4S. The summed E-state index contributed by atoms with van der Waals surface area (Å²) in [7, 11) is -3.67. The van der Waals surface area contributed by atoms with Crippen LogP contribution in [0.15, 0.2) is 23.1 Å². The third-order valence-corrected chi connectivity index (χ3v) is 5.74. The van der Waals surface area contributed by atoms with Gasteiger partial charge in [-0.05, 0) is 42.9 Å². The molecule has 6 nitrogen and oxygen atoms in total. The molecular weight excluding hydrogens is 292 g/mol. The van der Waals surface area contributed by atoms with Gasteiger partial charge in [-0.3, -0.25) is 9.59 Å². The Bertz CT molecular complexity index is 735. The summed E-state index contributed by atoms with van der Waals surface area (Å²) >= 11 is 0. The third-order valence-electron chi connectivity index (χ3n) is 4.34. The van der Waals surface area contributed by atoms with Crippen LogP contribution in [0.5, 0.6) is 0 Å². The van der Waals surface area contributed by atoms with E-state index in [1.165, 1.54) is 18.2 Å². The van der Waals surface area contributed by atoms with Gasteiger partial charge in [0.25, 0.3) is 11.7 Å². The van der Waals surface area contributed by atoms with Crippen LogP contribution in [0.25, 0.3) is 0 Å². The van der Waals surface area contributed by atoms with Crippen molar-refractivity contribution in [1.82, 2.24) is 4.72 Å². The number of carbonyl (C=O) groups is 2. The summed E-state index contributed by atoms with van der Waals surface area (Å²) in [6, 6.07) is 4.09. The molecule has 0 bridgehead atoms. The first-order valence-corrected chi connectivity index (χ1v) is 8.35. The predicted octanol–water partition coefficient (Wildman–Crippen LogP) is 1.29. The van der Waals surface area contributed by atoms with Gasteiger partial charge in [0.2, 0.25) is 10.0 Å². The van der Waals surface area contributed by atoms with E-state index in [0.29, 0.717) is 12.2 Å². The lowest BCUT2D eigenvalue weighted by Crippen LogP contribution is -2.30. The Labute approximate surface area is 123 Å². The molecule has 7 heteroatoms. The minimum absolute atomic E-state index is 0.0120. The average molecular weight is 308 g/mol. The fourth-order valence-electron chi connectivity index (χ4n) is 2.45. The Morgan fingerprint density at radius 3 is 2.62 bits per heavy atom. The molecule has 0 unspecified atom stereocenters. The summed E-state index contributed by atoms with van der Waals surface area (Å²) in [5.41, 5.74) is 0.563. The van der Waals surface area contributed by atoms with Crippen molar-refractivity contribution >= 4 is 27.4 Å². The van der Waals surface area contributed by atoms with Crippen LogP contribution in [-0.4, -0.2) is 26.7 Å². The molecule has 2 aliphatic rings. The van der Waals surface area contributed by atoms with Crippen LogP contribution < -0.4 is 10.0 Å². The largest absolute Gasteiger partial charge is 0.318 e. The number of ketones is 1. The van der Waals surface area contributed by atoms with Gasteiger partial charge in [0.15, 0.2) is 0 Å². The number of Topliss-reactive ketones (excluding diaryl/α,β-unsaturated/α-hetero) is 1. The van der Waals surface area contributed by atoms with Crippen molar-refractivity contribution in [2.45, 2.75) is 31.1 Å². The van der Waals surface area contributed by atoms with Gasteiger partial charge in [0.05, 0.1) is 16.1 Å². The lowest BCUT2D eigenvalue weighted by atomic mass is 10.1. The van der Waals surface area contributed by atoms with E-state index >= 15 is 0 Å². The monoisotopic (exact) mass is 308 g/mol. The topological polar surface area (TPSA) is 92.3 Å². The Morgan fingerprint density at radius 2 is 2.00 bits per heavy atom. The molecule has 21 heavy (non-hydrogen) atoms. The molecule has 2 N–H and O–H groups in total. The predicted molar refractivity (Wildman–Crippen MR) is 76.5 cm³/mol. The number of anilines is 1. The van der Waals surface area contributed by atoms with Gasteiger partial charge in [0, 0.05) is 6.54 Å². The second-order valence-corrected chi connectivity index (χ2v) is 7.44. The number of rotatable bonds is 5. The quantitative estimate of drug-likeness (QED) is 0.802. The molecule has 1 aliphatic heterocycles. The summed E-state index contributed by atoms with van der Waals surface area (Å²) < 4.78 is 27.2. The Morgan fingerprint density at radius 1 is 1.29 bits per heavy atom. The summed E-state index contributed by atoms with van der Waals surface area (Å²) in [4.78, 5) is 22.9. The standard InChI is InChI=1S/C14H16N2O4S/c1-2-14(5-6-14)8-15-21(19,20)9-3-4-11-10(7-9)12(17)13(18)16-11/h3-4,7,15H,2,5-6,8H2,1H3,(H,16,17,18). The zero-order valence-corrected chi connectivity index (χ0v) is 12.4. The summed E-state index contributed by atoms with van der Waals surface area (Å²) in [6.07, 6.45) is 3.01. The van der Waals surface area contributed by atoms with Crippen LogP contribution in [0.4, 0.5) is 5.69 Å². The summed E-state index contributed by atoms with van der Waals surface area (Å²) in [5, 5.41) is 2.40. The number of benzene rings is 1. The van der Waals surface area contributed by atoms with E-state index in [4.69, 9.17) is 0 Å². The number of nitrogens with one attached hydrogen (secondary N) is 2. The van der Waals surface area contributed by atoms with Crippen molar-refractivity contribution in [2.75, 3.05) is 11.9 Å². The molecule has 1 aromatic carbocycles. The molecule has 1 amide bonds. The van der Waals surface area contributed by atoms with Crippen molar-refractivity contribution in [3.63, 3.8) is 0 Å². The SMILES string of the molecule is CCC1(CNS(=O)(=O)c2ccc3c(c2)C(=O)C(=O)N3)CC1. The maximum absolute atomic E-state index is 12.3. The minimum Gasteiger partial charge on any atom is -0.318 e. The number of hydrogen-bond donors (Lipinski definition) is 2. The zero-order chi connectivity index (χ0) is 15.3. The van der Waals surface area contributed by atoms with Gasteiger partial charge in [-0.25, -0.2) is 13.1 Å². The van der Waals surface area contributed by atoms with Gasteiger partial charge < -0.3 is 5.32 Å². The van der Waals surface area contributed by atoms with Gasteiger partial charge in [-0.2, -0.15) is 0 Å². The van der Waals surface area contributed by atoms with E-state index in [1.54, 1.807) is 0 Å². The molecule has 1 aliphatic carbocycles. The zero-order valence-electron chi connectivity index (χ0n) is 11.6. The first-order valence-electron chi connectivity index (χ1n) is 6.86. The Kier molecular flexibility index (Phi) is 3.14. The fraction of sp³-hybridized carbons (Fsp3) is 0.429. The fourth-order valence-corrected chi connectivity index (χ4v) is 3.64. The highest BCUT2D eigenvalue weighted by atomic mass is 32.2. The van der Waals surface area contributed by atoms with Crippen molar-refractivity contribution in [3.05, 3.63) is 23.8 Å². The molecule has 0 aromatic heterocycles. The molecule has 0 radical (unpaired) electrons. The van der Waals surface area contributed by atoms with Gasteiger partial charge in [0.1, 0.15) is 0 Å². The number of amides is 1. The van der Waals surface area contributed by atoms with Crippen molar-refractivity contribution < 1.29 is 18.0 Å². The number of sulfonamides is 1. The van der Waals surface area contributed by atoms with E-state index in [0.717, 1.165) is 19.3 Å². The van der Waals surface area contributed by atoms with E-state index in [9.17, 15) is 18.0 Å². The van der Waals surface area contributed by atoms with Crippen LogP contribution in [-0.2, 0) is 14.8 Å².